The number of aromatic hydroxyl groups is 1. The number of furan rings is 1. The highest BCUT2D eigenvalue weighted by Gasteiger charge is 2.43. The zero-order valence-electron chi connectivity index (χ0n) is 17.6. The average Bonchev–Trinajstić information content (AvgIpc) is 3.46. The molecule has 0 spiro atoms. The molecule has 0 saturated carbocycles. The number of carboxylic acid groups (broad SMARTS) is 1. The van der Waals surface area contributed by atoms with Crippen molar-refractivity contribution < 1.29 is 19.4 Å². The van der Waals surface area contributed by atoms with Crippen molar-refractivity contribution in [3.05, 3.63) is 101 Å². The molecular formula is C25H18ClN3O4S. The van der Waals surface area contributed by atoms with Crippen LogP contribution in [0.25, 0.3) is 11.3 Å². The summed E-state index contributed by atoms with van der Waals surface area (Å²) in [6.45, 7) is 0. The lowest BCUT2D eigenvalue weighted by Crippen LogP contribution is -2.29. The van der Waals surface area contributed by atoms with E-state index in [4.69, 9.17) is 28.2 Å². The maximum absolute atomic E-state index is 11.7. The number of benzene rings is 2. The molecular weight excluding hydrogens is 474 g/mol. The number of pyridine rings is 1. The molecule has 170 valence electrons. The Hall–Kier alpha value is -3.88. The fraction of sp³-hybridized carbons (Fsp3) is 0.0800. The number of nitrogens with one attached hydrogen (secondary N) is 1. The lowest BCUT2D eigenvalue weighted by Gasteiger charge is -2.26. The molecule has 0 bridgehead atoms. The summed E-state index contributed by atoms with van der Waals surface area (Å²) < 4.78 is 6.22. The lowest BCUT2D eigenvalue weighted by atomic mass is 10.0. The zero-order chi connectivity index (χ0) is 23.8. The Morgan fingerprint density at radius 3 is 2.65 bits per heavy atom. The normalized spacial score (nSPS) is 17.6. The number of nitrogens with zero attached hydrogens (tertiary/aromatic N) is 2. The number of anilines is 1. The average molecular weight is 492 g/mol. The summed E-state index contributed by atoms with van der Waals surface area (Å²) in [5, 5.41) is 24.3. The minimum Gasteiger partial charge on any atom is -0.506 e. The molecule has 1 aliphatic rings. The van der Waals surface area contributed by atoms with Crippen molar-refractivity contribution >= 4 is 40.6 Å². The van der Waals surface area contributed by atoms with Crippen molar-refractivity contribution in [1.82, 2.24) is 10.3 Å². The van der Waals surface area contributed by atoms with Gasteiger partial charge in [0, 0.05) is 16.8 Å². The van der Waals surface area contributed by atoms with E-state index in [0.29, 0.717) is 32.9 Å². The third-order valence-electron chi connectivity index (χ3n) is 5.64. The van der Waals surface area contributed by atoms with Crippen LogP contribution in [0, 0.1) is 0 Å². The van der Waals surface area contributed by atoms with Crippen LogP contribution in [0.5, 0.6) is 5.75 Å². The quantitative estimate of drug-likeness (QED) is 0.311. The molecule has 5 rings (SSSR count). The number of rotatable bonds is 5. The Kier molecular flexibility index (Phi) is 5.69. The van der Waals surface area contributed by atoms with E-state index < -0.39 is 18.1 Å². The summed E-state index contributed by atoms with van der Waals surface area (Å²) in [4.78, 5) is 17.9. The van der Waals surface area contributed by atoms with Crippen LogP contribution in [-0.4, -0.2) is 26.3 Å². The van der Waals surface area contributed by atoms with Crippen molar-refractivity contribution in [2.75, 3.05) is 4.90 Å². The first kappa shape index (κ1) is 21.9. The largest absolute Gasteiger partial charge is 0.506 e. The maximum atomic E-state index is 11.7. The van der Waals surface area contributed by atoms with Gasteiger partial charge in [-0.25, -0.2) is 4.79 Å². The highest BCUT2D eigenvalue weighted by molar-refractivity contribution is 7.80. The van der Waals surface area contributed by atoms with Crippen molar-refractivity contribution in [2.45, 2.75) is 12.1 Å². The van der Waals surface area contributed by atoms with E-state index in [1.807, 2.05) is 18.2 Å². The van der Waals surface area contributed by atoms with Gasteiger partial charge in [-0.2, -0.15) is 0 Å². The van der Waals surface area contributed by atoms with E-state index in [9.17, 15) is 15.0 Å². The molecule has 1 aliphatic heterocycles. The summed E-state index contributed by atoms with van der Waals surface area (Å²) in [7, 11) is 0. The van der Waals surface area contributed by atoms with Gasteiger partial charge in [-0.1, -0.05) is 35.9 Å². The van der Waals surface area contributed by atoms with Gasteiger partial charge in [0.1, 0.15) is 23.3 Å². The van der Waals surface area contributed by atoms with Crippen LogP contribution >= 0.6 is 23.8 Å². The number of hydrogen-bond acceptors (Lipinski definition) is 5. The van der Waals surface area contributed by atoms with E-state index in [1.165, 1.54) is 12.1 Å². The molecule has 4 aromatic rings. The summed E-state index contributed by atoms with van der Waals surface area (Å²) in [6.07, 6.45) is 1.69. The lowest BCUT2D eigenvalue weighted by molar-refractivity contribution is 0.0697. The molecule has 3 N–H and O–H groups in total. The van der Waals surface area contributed by atoms with Gasteiger partial charge in [-0.15, -0.1) is 0 Å². The number of phenolic OH excluding ortho intramolecular Hbond substituents is 1. The topological polar surface area (TPSA) is 98.8 Å². The molecule has 0 aliphatic carbocycles. The van der Waals surface area contributed by atoms with E-state index in [0.717, 1.165) is 5.69 Å². The van der Waals surface area contributed by atoms with Gasteiger partial charge in [0.05, 0.1) is 23.0 Å². The smallest absolute Gasteiger partial charge is 0.336 e. The second-order valence-electron chi connectivity index (χ2n) is 7.68. The fourth-order valence-electron chi connectivity index (χ4n) is 4.13. The van der Waals surface area contributed by atoms with Gasteiger partial charge in [0.25, 0.3) is 0 Å². The molecule has 2 atom stereocenters. The molecule has 7 nitrogen and oxygen atoms in total. The molecule has 1 fully saturated rings. The number of phenols is 1. The van der Waals surface area contributed by atoms with Gasteiger partial charge in [0.15, 0.2) is 5.11 Å². The predicted molar refractivity (Wildman–Crippen MR) is 132 cm³/mol. The van der Waals surface area contributed by atoms with Gasteiger partial charge in [0.2, 0.25) is 0 Å². The Morgan fingerprint density at radius 2 is 1.88 bits per heavy atom. The molecule has 0 amide bonds. The number of aromatic carboxylic acids is 1. The van der Waals surface area contributed by atoms with Gasteiger partial charge >= 0.3 is 5.97 Å². The third-order valence-corrected chi connectivity index (χ3v) is 6.19. The number of aromatic nitrogens is 1. The number of halogens is 1. The molecule has 2 aromatic carbocycles. The van der Waals surface area contributed by atoms with E-state index in [1.54, 1.807) is 53.6 Å². The summed E-state index contributed by atoms with van der Waals surface area (Å²) >= 11 is 11.9. The number of thiocarbonyl (C=S) groups is 1. The van der Waals surface area contributed by atoms with Crippen molar-refractivity contribution in [2.24, 2.45) is 0 Å². The van der Waals surface area contributed by atoms with Crippen LogP contribution in [0.1, 0.15) is 33.9 Å². The molecule has 3 heterocycles. The first-order chi connectivity index (χ1) is 16.4. The first-order valence-corrected chi connectivity index (χ1v) is 11.1. The zero-order valence-corrected chi connectivity index (χ0v) is 19.1. The second kappa shape index (κ2) is 8.81. The predicted octanol–water partition coefficient (Wildman–Crippen LogP) is 5.58. The minimum absolute atomic E-state index is 0.00298. The molecule has 0 radical (unpaired) electrons. The van der Waals surface area contributed by atoms with Crippen molar-refractivity contribution in [3.8, 4) is 17.1 Å². The number of carbonyl (C=O) groups is 1. The standard InChI is InChI=1S/C25H18ClN3O4S/c26-14-8-9-19(30)18(13-14)29-23(22(28-25(29)34)17-7-3-4-12-27-17)21-11-10-20(33-21)15-5-1-2-6-16(15)24(31)32/h1-13,22-23,30H,(H,28,34)(H,31,32)/t22-,23-/m1/s1. The summed E-state index contributed by atoms with van der Waals surface area (Å²) in [6, 6.07) is 19.5. The molecule has 34 heavy (non-hydrogen) atoms. The highest BCUT2D eigenvalue weighted by Crippen LogP contribution is 2.46. The van der Waals surface area contributed by atoms with E-state index in [-0.39, 0.29) is 11.3 Å². The van der Waals surface area contributed by atoms with Crippen molar-refractivity contribution in [3.63, 3.8) is 0 Å². The maximum Gasteiger partial charge on any atom is 0.336 e. The second-order valence-corrected chi connectivity index (χ2v) is 8.51. The fourth-order valence-corrected chi connectivity index (χ4v) is 4.64. The van der Waals surface area contributed by atoms with Crippen LogP contribution in [0.2, 0.25) is 5.02 Å². The number of carboxylic acids is 1. The van der Waals surface area contributed by atoms with Crippen LogP contribution < -0.4 is 10.2 Å². The monoisotopic (exact) mass is 491 g/mol. The van der Waals surface area contributed by atoms with E-state index >= 15 is 0 Å². The van der Waals surface area contributed by atoms with E-state index in [2.05, 4.69) is 10.3 Å². The molecule has 0 unspecified atom stereocenters. The summed E-state index contributed by atoms with van der Waals surface area (Å²) in [5.41, 5.74) is 1.73. The molecule has 1 saturated heterocycles. The van der Waals surface area contributed by atoms with Crippen LogP contribution in [-0.2, 0) is 0 Å². The van der Waals surface area contributed by atoms with Gasteiger partial charge in [-0.05, 0) is 60.7 Å². The third kappa shape index (κ3) is 3.87. The molecule has 2 aromatic heterocycles. The Morgan fingerprint density at radius 1 is 1.09 bits per heavy atom. The van der Waals surface area contributed by atoms with Crippen LogP contribution in [0.4, 0.5) is 5.69 Å². The van der Waals surface area contributed by atoms with Crippen molar-refractivity contribution in [1.29, 1.82) is 0 Å². The van der Waals surface area contributed by atoms with Gasteiger partial charge < -0.3 is 24.8 Å². The van der Waals surface area contributed by atoms with Crippen LogP contribution in [0.3, 0.4) is 0 Å². The summed E-state index contributed by atoms with van der Waals surface area (Å²) in [5.74, 6) is -0.129. The Labute approximate surface area is 205 Å². The van der Waals surface area contributed by atoms with Crippen LogP contribution in [0.15, 0.2) is 83.4 Å². The highest BCUT2D eigenvalue weighted by atomic mass is 35.5. The molecule has 9 heteroatoms. The minimum atomic E-state index is -1.05. The number of hydrogen-bond donors (Lipinski definition) is 3. The first-order valence-electron chi connectivity index (χ1n) is 10.4. The van der Waals surface area contributed by atoms with Gasteiger partial charge in [-0.3, -0.25) is 4.98 Å². The Balaban J connectivity index is 1.65. The Bertz CT molecular complexity index is 1390. The SMILES string of the molecule is O=C(O)c1ccccc1-c1ccc([C@@H]2[C@@H](c3ccccn3)NC(=S)N2c2cc(Cl)ccc2O)o1.